The van der Waals surface area contributed by atoms with E-state index < -0.39 is 18.0 Å². The van der Waals surface area contributed by atoms with Gasteiger partial charge in [-0.3, -0.25) is 9.59 Å². The largest absolute Gasteiger partial charge is 0.463 e. The van der Waals surface area contributed by atoms with E-state index in [4.69, 9.17) is 0 Å². The van der Waals surface area contributed by atoms with Gasteiger partial charge in [0.2, 0.25) is 5.91 Å². The first kappa shape index (κ1) is 15.2. The third-order valence-electron chi connectivity index (χ3n) is 2.90. The highest BCUT2D eigenvalue weighted by Crippen LogP contribution is 2.36. The van der Waals surface area contributed by atoms with Gasteiger partial charge in [-0.15, -0.1) is 0 Å². The van der Waals surface area contributed by atoms with Crippen LogP contribution in [0.5, 0.6) is 0 Å². The Kier molecular flexibility index (Phi) is 3.60. The minimum atomic E-state index is -5.96. The first-order valence-corrected chi connectivity index (χ1v) is 5.80. The highest BCUT2D eigenvalue weighted by molar-refractivity contribution is 5.98. The monoisotopic (exact) mass is 308 g/mol. The number of benzene rings is 1. The summed E-state index contributed by atoms with van der Waals surface area (Å²) in [5.41, 5.74) is 0.786. The molecule has 0 saturated heterocycles. The maximum absolute atomic E-state index is 12.8. The second-order valence-corrected chi connectivity index (χ2v) is 4.45. The fourth-order valence-corrected chi connectivity index (χ4v) is 1.80. The Bertz CT molecular complexity index is 598. The maximum atomic E-state index is 12.8. The Balaban J connectivity index is 2.18. The Hall–Kier alpha value is -2.19. The van der Waals surface area contributed by atoms with Gasteiger partial charge in [-0.25, -0.2) is 0 Å². The van der Waals surface area contributed by atoms with Gasteiger partial charge in [-0.2, -0.15) is 22.0 Å². The highest BCUT2D eigenvalue weighted by atomic mass is 19.4. The van der Waals surface area contributed by atoms with Crippen LogP contribution in [0.3, 0.4) is 0 Å². The minimum Gasteiger partial charge on any atom is -0.326 e. The van der Waals surface area contributed by atoms with Crippen molar-refractivity contribution in [1.29, 1.82) is 0 Å². The van der Waals surface area contributed by atoms with Crippen molar-refractivity contribution in [1.82, 2.24) is 0 Å². The van der Waals surface area contributed by atoms with Crippen LogP contribution in [0, 0.1) is 0 Å². The summed E-state index contributed by atoms with van der Waals surface area (Å²) in [6.45, 7) is 0. The SMILES string of the molecule is O=C1CCc2cc(NC(=O)C(F)(F)C(F)(F)F)ccc2N1. The summed E-state index contributed by atoms with van der Waals surface area (Å²) in [5, 5.41) is 4.04. The average Bonchev–Trinajstić information content (AvgIpc) is 2.37. The van der Waals surface area contributed by atoms with Gasteiger partial charge in [0.15, 0.2) is 0 Å². The average molecular weight is 308 g/mol. The van der Waals surface area contributed by atoms with Crippen molar-refractivity contribution in [2.24, 2.45) is 0 Å². The number of halogens is 5. The lowest BCUT2D eigenvalue weighted by Crippen LogP contribution is -2.47. The normalized spacial score (nSPS) is 15.2. The molecule has 0 fully saturated rings. The molecule has 2 rings (SSSR count). The van der Waals surface area contributed by atoms with Crippen molar-refractivity contribution in [2.75, 3.05) is 10.6 Å². The molecule has 1 heterocycles. The molecular weight excluding hydrogens is 299 g/mol. The van der Waals surface area contributed by atoms with Gasteiger partial charge in [0, 0.05) is 17.8 Å². The second kappa shape index (κ2) is 4.97. The molecule has 0 aromatic heterocycles. The van der Waals surface area contributed by atoms with Crippen LogP contribution in [-0.4, -0.2) is 23.9 Å². The molecule has 0 radical (unpaired) electrons. The van der Waals surface area contributed by atoms with E-state index in [0.717, 1.165) is 6.07 Å². The van der Waals surface area contributed by atoms with E-state index in [1.54, 1.807) is 0 Å². The van der Waals surface area contributed by atoms with Crippen molar-refractivity contribution in [2.45, 2.75) is 24.9 Å². The van der Waals surface area contributed by atoms with Crippen molar-refractivity contribution in [3.8, 4) is 0 Å². The number of carbonyl (C=O) groups excluding carboxylic acids is 2. The molecule has 2 N–H and O–H groups in total. The van der Waals surface area contributed by atoms with Gasteiger partial charge in [0.05, 0.1) is 0 Å². The summed E-state index contributed by atoms with van der Waals surface area (Å²) in [4.78, 5) is 22.2. The molecule has 114 valence electrons. The van der Waals surface area contributed by atoms with Gasteiger partial charge >= 0.3 is 18.0 Å². The van der Waals surface area contributed by atoms with E-state index in [9.17, 15) is 31.5 Å². The van der Waals surface area contributed by atoms with Crippen LogP contribution in [0.15, 0.2) is 18.2 Å². The number of alkyl halides is 5. The van der Waals surface area contributed by atoms with Crippen LogP contribution >= 0.6 is 0 Å². The Morgan fingerprint density at radius 1 is 1.14 bits per heavy atom. The first-order chi connectivity index (χ1) is 9.61. The van der Waals surface area contributed by atoms with Crippen LogP contribution in [0.25, 0.3) is 0 Å². The van der Waals surface area contributed by atoms with Gasteiger partial charge < -0.3 is 10.6 Å². The number of amides is 2. The Labute approximate surface area is 115 Å². The van der Waals surface area contributed by atoms with Crippen molar-refractivity contribution in [3.05, 3.63) is 23.8 Å². The fraction of sp³-hybridized carbons (Fsp3) is 0.333. The van der Waals surface area contributed by atoms with E-state index in [-0.39, 0.29) is 18.0 Å². The fourth-order valence-electron chi connectivity index (χ4n) is 1.80. The third kappa shape index (κ3) is 2.96. The third-order valence-corrected chi connectivity index (χ3v) is 2.90. The molecule has 21 heavy (non-hydrogen) atoms. The Morgan fingerprint density at radius 3 is 2.43 bits per heavy atom. The first-order valence-electron chi connectivity index (χ1n) is 5.80. The minimum absolute atomic E-state index is 0.170. The molecule has 0 bridgehead atoms. The Morgan fingerprint density at radius 2 is 1.81 bits per heavy atom. The topological polar surface area (TPSA) is 58.2 Å². The number of carbonyl (C=O) groups is 2. The molecular formula is C12H9F5N2O2. The molecule has 2 amide bonds. The summed E-state index contributed by atoms with van der Waals surface area (Å²) >= 11 is 0. The zero-order valence-corrected chi connectivity index (χ0v) is 10.4. The molecule has 1 aromatic rings. The lowest BCUT2D eigenvalue weighted by molar-refractivity contribution is -0.267. The van der Waals surface area contributed by atoms with E-state index in [1.165, 1.54) is 17.4 Å². The summed E-state index contributed by atoms with van der Waals surface area (Å²) < 4.78 is 61.7. The number of nitrogens with one attached hydrogen (secondary N) is 2. The van der Waals surface area contributed by atoms with E-state index in [1.807, 2.05) is 0 Å². The summed E-state index contributed by atoms with van der Waals surface area (Å²) in [5.74, 6) is -8.14. The summed E-state index contributed by atoms with van der Waals surface area (Å²) in [6, 6.07) is 3.71. The molecule has 4 nitrogen and oxygen atoms in total. The van der Waals surface area contributed by atoms with Gasteiger partial charge in [-0.1, -0.05) is 0 Å². The summed E-state index contributed by atoms with van der Waals surface area (Å²) in [7, 11) is 0. The van der Waals surface area contributed by atoms with Crippen LogP contribution in [-0.2, 0) is 16.0 Å². The molecule has 0 unspecified atom stereocenters. The maximum Gasteiger partial charge on any atom is 0.463 e. The zero-order valence-electron chi connectivity index (χ0n) is 10.4. The highest BCUT2D eigenvalue weighted by Gasteiger charge is 2.63. The number of anilines is 2. The number of rotatable bonds is 2. The molecule has 0 aliphatic carbocycles. The molecule has 0 saturated carbocycles. The lowest BCUT2D eigenvalue weighted by atomic mass is 10.0. The van der Waals surface area contributed by atoms with E-state index in [2.05, 4.69) is 5.32 Å². The molecule has 1 aromatic carbocycles. The van der Waals surface area contributed by atoms with Crippen molar-refractivity contribution >= 4 is 23.2 Å². The van der Waals surface area contributed by atoms with E-state index in [0.29, 0.717) is 17.7 Å². The lowest BCUT2D eigenvalue weighted by Gasteiger charge is -2.20. The number of aryl methyl sites for hydroxylation is 1. The zero-order chi connectivity index (χ0) is 15.8. The van der Waals surface area contributed by atoms with Crippen LogP contribution in [0.2, 0.25) is 0 Å². The van der Waals surface area contributed by atoms with Crippen molar-refractivity contribution in [3.63, 3.8) is 0 Å². The van der Waals surface area contributed by atoms with Crippen molar-refractivity contribution < 1.29 is 31.5 Å². The number of hydrogen-bond acceptors (Lipinski definition) is 2. The standard InChI is InChI=1S/C12H9F5N2O2/c13-11(14,12(15,16)17)10(21)18-7-2-3-8-6(5-7)1-4-9(20)19-8/h2-3,5H,1,4H2,(H,18,21)(H,19,20). The molecule has 0 atom stereocenters. The molecule has 1 aliphatic rings. The molecule has 9 heteroatoms. The van der Waals surface area contributed by atoms with Gasteiger partial charge in [-0.05, 0) is 30.2 Å². The van der Waals surface area contributed by atoms with Crippen LogP contribution < -0.4 is 10.6 Å². The predicted molar refractivity (Wildman–Crippen MR) is 63.0 cm³/mol. The summed E-state index contributed by atoms with van der Waals surface area (Å²) in [6.07, 6.45) is -5.48. The number of hydrogen-bond donors (Lipinski definition) is 2. The quantitative estimate of drug-likeness (QED) is 0.825. The molecule has 0 spiro atoms. The molecule has 1 aliphatic heterocycles. The van der Waals surface area contributed by atoms with Crippen LogP contribution in [0.1, 0.15) is 12.0 Å². The van der Waals surface area contributed by atoms with Gasteiger partial charge in [0.1, 0.15) is 0 Å². The van der Waals surface area contributed by atoms with Crippen LogP contribution in [0.4, 0.5) is 33.3 Å². The predicted octanol–water partition coefficient (Wildman–Crippen LogP) is 2.71. The van der Waals surface area contributed by atoms with Gasteiger partial charge in [0.25, 0.3) is 0 Å². The smallest absolute Gasteiger partial charge is 0.326 e. The number of fused-ring (bicyclic) bond motifs is 1. The second-order valence-electron chi connectivity index (χ2n) is 4.45. The van der Waals surface area contributed by atoms with E-state index >= 15 is 0 Å².